The molecule has 1 aliphatic heterocycles. The summed E-state index contributed by atoms with van der Waals surface area (Å²) in [4.78, 5) is 6.72. The third-order valence-corrected chi connectivity index (χ3v) is 5.12. The summed E-state index contributed by atoms with van der Waals surface area (Å²) < 4.78 is 5.50. The molecule has 0 aromatic heterocycles. The summed E-state index contributed by atoms with van der Waals surface area (Å²) in [6.45, 7) is 3.67. The monoisotopic (exact) mass is 386 g/mol. The Bertz CT molecular complexity index is 763. The normalized spacial score (nSPS) is 17.1. The molecule has 1 fully saturated rings. The van der Waals surface area contributed by atoms with E-state index in [4.69, 9.17) is 16.3 Å². The molecule has 0 saturated carbocycles. The Kier molecular flexibility index (Phi) is 6.82. The zero-order valence-electron chi connectivity index (χ0n) is 15.9. The molecular formula is C21H27ClN4O. The van der Waals surface area contributed by atoms with Crippen molar-refractivity contribution in [2.24, 2.45) is 10.9 Å². The quantitative estimate of drug-likeness (QED) is 0.589. The van der Waals surface area contributed by atoms with Gasteiger partial charge in [0.25, 0.3) is 0 Å². The number of methoxy groups -OCH3 is 1. The lowest BCUT2D eigenvalue weighted by atomic mass is 10.1. The van der Waals surface area contributed by atoms with Crippen LogP contribution in [-0.4, -0.2) is 39.8 Å². The molecule has 5 nitrogen and oxygen atoms in total. The van der Waals surface area contributed by atoms with Gasteiger partial charge >= 0.3 is 0 Å². The Labute approximate surface area is 166 Å². The number of aliphatic imine (C=N–C) groups is 1. The Morgan fingerprint density at radius 3 is 2.70 bits per heavy atom. The van der Waals surface area contributed by atoms with Crippen molar-refractivity contribution in [1.29, 1.82) is 0 Å². The predicted octanol–water partition coefficient (Wildman–Crippen LogP) is 3.54. The van der Waals surface area contributed by atoms with Crippen LogP contribution in [0.4, 0.5) is 5.69 Å². The van der Waals surface area contributed by atoms with E-state index >= 15 is 0 Å². The lowest BCUT2D eigenvalue weighted by Gasteiger charge is -2.21. The van der Waals surface area contributed by atoms with E-state index < -0.39 is 0 Å². The van der Waals surface area contributed by atoms with Crippen molar-refractivity contribution in [2.45, 2.75) is 13.0 Å². The van der Waals surface area contributed by atoms with Crippen molar-refractivity contribution in [1.82, 2.24) is 10.6 Å². The van der Waals surface area contributed by atoms with E-state index in [1.54, 1.807) is 14.2 Å². The minimum atomic E-state index is 0.573. The highest BCUT2D eigenvalue weighted by Crippen LogP contribution is 2.31. The Hall–Kier alpha value is -2.40. The number of hydrogen-bond donors (Lipinski definition) is 2. The number of guanidine groups is 1. The maximum absolute atomic E-state index is 5.93. The molecule has 3 rings (SSSR count). The molecule has 27 heavy (non-hydrogen) atoms. The summed E-state index contributed by atoms with van der Waals surface area (Å²) >= 11 is 5.93. The number of hydrogen-bond acceptors (Lipinski definition) is 3. The Morgan fingerprint density at radius 2 is 1.96 bits per heavy atom. The van der Waals surface area contributed by atoms with Crippen molar-refractivity contribution >= 4 is 23.2 Å². The molecule has 2 aromatic carbocycles. The second kappa shape index (κ2) is 9.51. The zero-order chi connectivity index (χ0) is 19.1. The highest BCUT2D eigenvalue weighted by molar-refractivity contribution is 6.30. The number of anilines is 1. The molecule has 2 aromatic rings. The second-order valence-electron chi connectivity index (χ2n) is 6.71. The lowest BCUT2D eigenvalue weighted by Crippen LogP contribution is -2.39. The van der Waals surface area contributed by atoms with Crippen LogP contribution >= 0.6 is 11.6 Å². The van der Waals surface area contributed by atoms with Crippen molar-refractivity contribution in [2.75, 3.05) is 38.7 Å². The van der Waals surface area contributed by atoms with E-state index in [1.807, 2.05) is 36.4 Å². The van der Waals surface area contributed by atoms with Crippen LogP contribution in [0.15, 0.2) is 53.5 Å². The summed E-state index contributed by atoms with van der Waals surface area (Å²) in [5, 5.41) is 7.55. The maximum Gasteiger partial charge on any atom is 0.191 e. The van der Waals surface area contributed by atoms with E-state index in [9.17, 15) is 0 Å². The fraction of sp³-hybridized carbons (Fsp3) is 0.381. The first-order valence-corrected chi connectivity index (χ1v) is 9.64. The molecule has 0 aliphatic carbocycles. The van der Waals surface area contributed by atoms with Gasteiger partial charge in [-0.2, -0.15) is 0 Å². The number of ether oxygens (including phenoxy) is 1. The molecule has 1 atom stereocenters. The number of para-hydroxylation sites is 2. The van der Waals surface area contributed by atoms with Crippen LogP contribution in [-0.2, 0) is 6.54 Å². The minimum absolute atomic E-state index is 0.573. The first kappa shape index (κ1) is 19.4. The smallest absolute Gasteiger partial charge is 0.191 e. The molecule has 1 heterocycles. The molecule has 1 aliphatic rings. The Balaban J connectivity index is 1.47. The summed E-state index contributed by atoms with van der Waals surface area (Å²) in [5.74, 6) is 2.33. The largest absolute Gasteiger partial charge is 0.495 e. The molecule has 0 bridgehead atoms. The lowest BCUT2D eigenvalue weighted by molar-refractivity contribution is 0.414. The fourth-order valence-corrected chi connectivity index (χ4v) is 3.48. The van der Waals surface area contributed by atoms with Crippen molar-refractivity contribution in [3.8, 4) is 5.75 Å². The first-order chi connectivity index (χ1) is 13.2. The fourth-order valence-electron chi connectivity index (χ4n) is 3.36. The van der Waals surface area contributed by atoms with Crippen molar-refractivity contribution < 1.29 is 4.74 Å². The summed E-state index contributed by atoms with van der Waals surface area (Å²) in [5.41, 5.74) is 2.35. The standard InChI is InChI=1S/C21H27ClN4O/c1-23-21(24-13-16-7-9-18(22)10-8-16)25-14-17-11-12-26(15-17)19-5-3-4-6-20(19)27-2/h3-10,17H,11-15H2,1-2H3,(H2,23,24,25). The van der Waals surface area contributed by atoms with Crippen LogP contribution in [0, 0.1) is 5.92 Å². The van der Waals surface area contributed by atoms with Gasteiger partial charge in [0, 0.05) is 38.2 Å². The van der Waals surface area contributed by atoms with Gasteiger partial charge in [-0.25, -0.2) is 0 Å². The third-order valence-electron chi connectivity index (χ3n) is 4.87. The first-order valence-electron chi connectivity index (χ1n) is 9.26. The number of nitrogens with zero attached hydrogens (tertiary/aromatic N) is 2. The topological polar surface area (TPSA) is 48.9 Å². The van der Waals surface area contributed by atoms with Gasteiger partial charge in [0.2, 0.25) is 0 Å². The molecule has 1 saturated heterocycles. The number of nitrogens with one attached hydrogen (secondary N) is 2. The van der Waals surface area contributed by atoms with Gasteiger partial charge < -0.3 is 20.3 Å². The third kappa shape index (κ3) is 5.30. The van der Waals surface area contributed by atoms with Gasteiger partial charge in [-0.1, -0.05) is 35.9 Å². The van der Waals surface area contributed by atoms with E-state index in [0.717, 1.165) is 49.3 Å². The highest BCUT2D eigenvalue weighted by Gasteiger charge is 2.24. The van der Waals surface area contributed by atoms with Crippen molar-refractivity contribution in [3.05, 3.63) is 59.1 Å². The van der Waals surface area contributed by atoms with E-state index in [0.29, 0.717) is 5.92 Å². The summed E-state index contributed by atoms with van der Waals surface area (Å²) in [6.07, 6.45) is 1.15. The van der Waals surface area contributed by atoms with Crippen LogP contribution in [0.25, 0.3) is 0 Å². The molecule has 6 heteroatoms. The van der Waals surface area contributed by atoms with Crippen LogP contribution in [0.5, 0.6) is 5.75 Å². The number of benzene rings is 2. The van der Waals surface area contributed by atoms with Crippen LogP contribution in [0.3, 0.4) is 0 Å². The molecular weight excluding hydrogens is 360 g/mol. The molecule has 144 valence electrons. The van der Waals surface area contributed by atoms with Crippen LogP contribution < -0.4 is 20.3 Å². The van der Waals surface area contributed by atoms with Crippen LogP contribution in [0.2, 0.25) is 5.02 Å². The number of rotatable bonds is 6. The van der Waals surface area contributed by atoms with E-state index in [2.05, 4.69) is 32.7 Å². The summed E-state index contributed by atoms with van der Waals surface area (Å²) in [6, 6.07) is 16.1. The van der Waals surface area contributed by atoms with Gasteiger partial charge in [0.15, 0.2) is 5.96 Å². The van der Waals surface area contributed by atoms with Gasteiger partial charge in [-0.05, 0) is 42.2 Å². The van der Waals surface area contributed by atoms with E-state index in [1.165, 1.54) is 11.3 Å². The van der Waals surface area contributed by atoms with Gasteiger partial charge in [0.05, 0.1) is 12.8 Å². The van der Waals surface area contributed by atoms with Gasteiger partial charge in [-0.15, -0.1) is 0 Å². The van der Waals surface area contributed by atoms with Crippen molar-refractivity contribution in [3.63, 3.8) is 0 Å². The average molecular weight is 387 g/mol. The number of halogens is 1. The highest BCUT2D eigenvalue weighted by atomic mass is 35.5. The minimum Gasteiger partial charge on any atom is -0.495 e. The van der Waals surface area contributed by atoms with Gasteiger partial charge in [-0.3, -0.25) is 4.99 Å². The molecule has 2 N–H and O–H groups in total. The predicted molar refractivity (Wildman–Crippen MR) is 113 cm³/mol. The maximum atomic E-state index is 5.93. The van der Waals surface area contributed by atoms with Crippen LogP contribution in [0.1, 0.15) is 12.0 Å². The van der Waals surface area contributed by atoms with Gasteiger partial charge in [0.1, 0.15) is 5.75 Å². The van der Waals surface area contributed by atoms with E-state index in [-0.39, 0.29) is 0 Å². The zero-order valence-corrected chi connectivity index (χ0v) is 16.7. The summed E-state index contributed by atoms with van der Waals surface area (Å²) in [7, 11) is 3.53. The average Bonchev–Trinajstić information content (AvgIpc) is 3.18. The second-order valence-corrected chi connectivity index (χ2v) is 7.14. The Morgan fingerprint density at radius 1 is 1.19 bits per heavy atom. The molecule has 0 radical (unpaired) electrons. The SMILES string of the molecule is CN=C(NCc1ccc(Cl)cc1)NCC1CCN(c2ccccc2OC)C1. The molecule has 0 amide bonds. The molecule has 1 unspecified atom stereocenters. The molecule has 0 spiro atoms.